The molecule has 2 rings (SSSR count). The number of rotatable bonds is 5. The molecule has 0 fully saturated rings. The Kier molecular flexibility index (Phi) is 4.20. The third-order valence-electron chi connectivity index (χ3n) is 3.04. The molecule has 1 heterocycles. The lowest BCUT2D eigenvalue weighted by molar-refractivity contribution is -0.140. The number of aryl methyl sites for hydroxylation is 1. The standard InChI is InChI=1S/C15H20N2O2/c1-10(2)8-14-16-12-6-4-11(9-13(12)17-14)5-7-15(18)19-3/h4,6,9-10H,5,7-8H2,1-3H3,(H,16,17). The van der Waals surface area contributed by atoms with Crippen molar-refractivity contribution in [2.75, 3.05) is 7.11 Å². The zero-order valence-electron chi connectivity index (χ0n) is 11.7. The maximum absolute atomic E-state index is 11.1. The maximum Gasteiger partial charge on any atom is 0.305 e. The summed E-state index contributed by atoms with van der Waals surface area (Å²) in [7, 11) is 1.42. The van der Waals surface area contributed by atoms with Crippen LogP contribution in [0.5, 0.6) is 0 Å². The van der Waals surface area contributed by atoms with Gasteiger partial charge in [-0.2, -0.15) is 0 Å². The fourth-order valence-corrected chi connectivity index (χ4v) is 2.10. The predicted molar refractivity (Wildman–Crippen MR) is 75.0 cm³/mol. The highest BCUT2D eigenvalue weighted by molar-refractivity contribution is 5.76. The number of carbonyl (C=O) groups excluding carboxylic acids is 1. The van der Waals surface area contributed by atoms with Gasteiger partial charge in [0.05, 0.1) is 18.1 Å². The zero-order chi connectivity index (χ0) is 13.8. The molecule has 0 aliphatic rings. The van der Waals surface area contributed by atoms with E-state index >= 15 is 0 Å². The van der Waals surface area contributed by atoms with E-state index in [0.29, 0.717) is 18.8 Å². The Morgan fingerprint density at radius 2 is 2.21 bits per heavy atom. The van der Waals surface area contributed by atoms with Gasteiger partial charge in [0.1, 0.15) is 5.82 Å². The summed E-state index contributed by atoms with van der Waals surface area (Å²) < 4.78 is 4.65. The number of methoxy groups -OCH3 is 1. The van der Waals surface area contributed by atoms with E-state index in [9.17, 15) is 4.79 Å². The van der Waals surface area contributed by atoms with Gasteiger partial charge >= 0.3 is 5.97 Å². The number of imidazole rings is 1. The van der Waals surface area contributed by atoms with Crippen LogP contribution in [0.4, 0.5) is 0 Å². The lowest BCUT2D eigenvalue weighted by atomic mass is 10.1. The van der Waals surface area contributed by atoms with E-state index in [4.69, 9.17) is 0 Å². The molecule has 1 aromatic carbocycles. The first kappa shape index (κ1) is 13.6. The highest BCUT2D eigenvalue weighted by Crippen LogP contribution is 2.16. The first-order valence-electron chi connectivity index (χ1n) is 6.63. The van der Waals surface area contributed by atoms with E-state index < -0.39 is 0 Å². The highest BCUT2D eigenvalue weighted by atomic mass is 16.5. The van der Waals surface area contributed by atoms with Crippen LogP contribution < -0.4 is 0 Å². The van der Waals surface area contributed by atoms with Crippen LogP contribution in [0.3, 0.4) is 0 Å². The molecule has 0 bridgehead atoms. The predicted octanol–water partition coefficient (Wildman–Crippen LogP) is 2.87. The number of carbonyl (C=O) groups is 1. The van der Waals surface area contributed by atoms with Crippen molar-refractivity contribution < 1.29 is 9.53 Å². The van der Waals surface area contributed by atoms with Gasteiger partial charge in [0, 0.05) is 12.8 Å². The number of fused-ring (bicyclic) bond motifs is 1. The van der Waals surface area contributed by atoms with Crippen LogP contribution in [0, 0.1) is 5.92 Å². The van der Waals surface area contributed by atoms with Crippen LogP contribution >= 0.6 is 0 Å². The Labute approximate surface area is 113 Å². The van der Waals surface area contributed by atoms with Crippen molar-refractivity contribution in [2.24, 2.45) is 5.92 Å². The van der Waals surface area contributed by atoms with Gasteiger partial charge in [-0.15, -0.1) is 0 Å². The molecule has 0 amide bonds. The van der Waals surface area contributed by atoms with Gasteiger partial charge in [0.2, 0.25) is 0 Å². The maximum atomic E-state index is 11.1. The Morgan fingerprint density at radius 1 is 1.42 bits per heavy atom. The van der Waals surface area contributed by atoms with E-state index in [-0.39, 0.29) is 5.97 Å². The van der Waals surface area contributed by atoms with Gasteiger partial charge in [-0.1, -0.05) is 19.9 Å². The van der Waals surface area contributed by atoms with Crippen LogP contribution in [0.15, 0.2) is 18.2 Å². The number of nitrogens with one attached hydrogen (secondary N) is 1. The largest absolute Gasteiger partial charge is 0.469 e. The fourth-order valence-electron chi connectivity index (χ4n) is 2.10. The van der Waals surface area contributed by atoms with E-state index in [2.05, 4.69) is 34.6 Å². The number of benzene rings is 1. The average Bonchev–Trinajstić information content (AvgIpc) is 2.76. The minimum Gasteiger partial charge on any atom is -0.469 e. The summed E-state index contributed by atoms with van der Waals surface area (Å²) in [6.45, 7) is 4.35. The number of nitrogens with zero attached hydrogens (tertiary/aromatic N) is 1. The summed E-state index contributed by atoms with van der Waals surface area (Å²) in [5.41, 5.74) is 3.15. The van der Waals surface area contributed by atoms with Crippen LogP contribution in [0.2, 0.25) is 0 Å². The molecule has 4 heteroatoms. The number of ether oxygens (including phenoxy) is 1. The molecular formula is C15H20N2O2. The van der Waals surface area contributed by atoms with Crippen LogP contribution in [0.25, 0.3) is 11.0 Å². The third-order valence-corrected chi connectivity index (χ3v) is 3.04. The second-order valence-electron chi connectivity index (χ2n) is 5.21. The molecule has 0 spiro atoms. The summed E-state index contributed by atoms with van der Waals surface area (Å²) in [6, 6.07) is 6.09. The van der Waals surface area contributed by atoms with E-state index in [0.717, 1.165) is 28.8 Å². The third kappa shape index (κ3) is 3.56. The molecule has 0 radical (unpaired) electrons. The zero-order valence-corrected chi connectivity index (χ0v) is 11.7. The van der Waals surface area contributed by atoms with E-state index in [1.807, 2.05) is 12.1 Å². The van der Waals surface area contributed by atoms with Gasteiger partial charge in [-0.3, -0.25) is 4.79 Å². The Balaban J connectivity index is 2.13. The Bertz CT molecular complexity index is 573. The molecule has 0 saturated heterocycles. The first-order chi connectivity index (χ1) is 9.08. The summed E-state index contributed by atoms with van der Waals surface area (Å²) in [5, 5.41) is 0. The Morgan fingerprint density at radius 3 is 2.89 bits per heavy atom. The molecule has 0 aliphatic carbocycles. The van der Waals surface area contributed by atoms with Crippen LogP contribution in [-0.2, 0) is 22.4 Å². The Hall–Kier alpha value is -1.84. The van der Waals surface area contributed by atoms with Crippen molar-refractivity contribution in [1.82, 2.24) is 9.97 Å². The molecule has 1 aromatic heterocycles. The smallest absolute Gasteiger partial charge is 0.305 e. The quantitative estimate of drug-likeness (QED) is 0.841. The van der Waals surface area contributed by atoms with E-state index in [1.165, 1.54) is 7.11 Å². The minimum absolute atomic E-state index is 0.176. The van der Waals surface area contributed by atoms with Crippen LogP contribution in [0.1, 0.15) is 31.7 Å². The molecule has 2 aromatic rings. The second kappa shape index (κ2) is 5.87. The van der Waals surface area contributed by atoms with Gasteiger partial charge in [-0.25, -0.2) is 4.98 Å². The topological polar surface area (TPSA) is 55.0 Å². The second-order valence-corrected chi connectivity index (χ2v) is 5.21. The van der Waals surface area contributed by atoms with Crippen molar-refractivity contribution in [3.8, 4) is 0 Å². The number of hydrogen-bond acceptors (Lipinski definition) is 3. The molecule has 0 unspecified atom stereocenters. The molecular weight excluding hydrogens is 240 g/mol. The summed E-state index contributed by atoms with van der Waals surface area (Å²) in [4.78, 5) is 19.0. The van der Waals surface area contributed by atoms with Gasteiger partial charge in [-0.05, 0) is 30.0 Å². The highest BCUT2D eigenvalue weighted by Gasteiger charge is 2.07. The molecule has 102 valence electrons. The van der Waals surface area contributed by atoms with Gasteiger partial charge in [0.25, 0.3) is 0 Å². The molecule has 0 atom stereocenters. The molecule has 0 saturated carbocycles. The summed E-state index contributed by atoms with van der Waals surface area (Å²) >= 11 is 0. The fraction of sp³-hybridized carbons (Fsp3) is 0.467. The molecule has 1 N–H and O–H groups in total. The number of esters is 1. The SMILES string of the molecule is COC(=O)CCc1ccc2nc(CC(C)C)[nH]c2c1. The van der Waals surface area contributed by atoms with Crippen molar-refractivity contribution in [2.45, 2.75) is 33.1 Å². The van der Waals surface area contributed by atoms with Crippen molar-refractivity contribution in [3.05, 3.63) is 29.6 Å². The monoisotopic (exact) mass is 260 g/mol. The van der Waals surface area contributed by atoms with E-state index in [1.54, 1.807) is 0 Å². The van der Waals surface area contributed by atoms with Crippen molar-refractivity contribution in [3.63, 3.8) is 0 Å². The molecule has 19 heavy (non-hydrogen) atoms. The van der Waals surface area contributed by atoms with Gasteiger partial charge in [0.15, 0.2) is 0 Å². The summed E-state index contributed by atoms with van der Waals surface area (Å²) in [6.07, 6.45) is 2.06. The number of H-pyrrole nitrogens is 1. The van der Waals surface area contributed by atoms with Crippen molar-refractivity contribution >= 4 is 17.0 Å². The van der Waals surface area contributed by atoms with Crippen LogP contribution in [-0.4, -0.2) is 23.0 Å². The average molecular weight is 260 g/mol. The van der Waals surface area contributed by atoms with Gasteiger partial charge < -0.3 is 9.72 Å². The lowest BCUT2D eigenvalue weighted by Gasteiger charge is -2.00. The normalized spacial score (nSPS) is 11.2. The summed E-state index contributed by atoms with van der Waals surface area (Å²) in [5.74, 6) is 1.43. The van der Waals surface area contributed by atoms with Crippen molar-refractivity contribution in [1.29, 1.82) is 0 Å². The number of hydrogen-bond donors (Lipinski definition) is 1. The first-order valence-corrected chi connectivity index (χ1v) is 6.63. The number of aromatic amines is 1. The molecule has 4 nitrogen and oxygen atoms in total. The minimum atomic E-state index is -0.176. The molecule has 0 aliphatic heterocycles. The lowest BCUT2D eigenvalue weighted by Crippen LogP contribution is -2.01. The number of aromatic nitrogens is 2.